The van der Waals surface area contributed by atoms with Crippen LogP contribution in [0.1, 0.15) is 58.0 Å². The molecule has 11 aromatic rings. The zero-order valence-electron chi connectivity index (χ0n) is 39.8. The van der Waals surface area contributed by atoms with Gasteiger partial charge in [0.1, 0.15) is 18.2 Å². The van der Waals surface area contributed by atoms with Crippen molar-refractivity contribution in [3.63, 3.8) is 0 Å². The molecule has 11 aromatic carbocycles. The van der Waals surface area contributed by atoms with E-state index in [4.69, 9.17) is 10.7 Å². The van der Waals surface area contributed by atoms with Gasteiger partial charge in [0.25, 0.3) is 0 Å². The molecule has 72 heavy (non-hydrogen) atoms. The molecule has 0 aliphatic carbocycles. The highest BCUT2D eigenvalue weighted by Gasteiger charge is 2.25. The van der Waals surface area contributed by atoms with Gasteiger partial charge in [0.2, 0.25) is 0 Å². The van der Waals surface area contributed by atoms with E-state index in [2.05, 4.69) is 258 Å². The lowest BCUT2D eigenvalue weighted by Crippen LogP contribution is -2.44. The SMILES string of the molecule is NC(NC(NCc1ccccc1)c1ccc2ccccc2c1)c1ccc(-c2ccc3c(-c4cccc5cc(-c6ccc(C7NC(c8ccccc8)=NC(c8ccccc8)N7)cc6)ccc45)cccc3c2)cc1. The Kier molecular flexibility index (Phi) is 12.5. The lowest BCUT2D eigenvalue weighted by molar-refractivity contribution is 0.386. The van der Waals surface area contributed by atoms with E-state index in [1.54, 1.807) is 0 Å². The fourth-order valence-corrected chi connectivity index (χ4v) is 10.2. The highest BCUT2D eigenvalue weighted by molar-refractivity contribution is 6.07. The Hall–Kier alpha value is -8.49. The van der Waals surface area contributed by atoms with Crippen molar-refractivity contribution in [1.82, 2.24) is 21.3 Å². The summed E-state index contributed by atoms with van der Waals surface area (Å²) < 4.78 is 0. The molecule has 0 fully saturated rings. The van der Waals surface area contributed by atoms with Crippen LogP contribution in [0.2, 0.25) is 0 Å². The average Bonchev–Trinajstić information content (AvgIpc) is 3.46. The maximum atomic E-state index is 6.94. The summed E-state index contributed by atoms with van der Waals surface area (Å²) in [7, 11) is 0. The highest BCUT2D eigenvalue weighted by Crippen LogP contribution is 2.38. The van der Waals surface area contributed by atoms with Crippen molar-refractivity contribution >= 4 is 38.2 Å². The molecule has 0 radical (unpaired) electrons. The first-order valence-corrected chi connectivity index (χ1v) is 24.8. The van der Waals surface area contributed by atoms with Crippen molar-refractivity contribution in [3.8, 4) is 33.4 Å². The maximum absolute atomic E-state index is 6.94. The second-order valence-corrected chi connectivity index (χ2v) is 18.7. The van der Waals surface area contributed by atoms with Crippen molar-refractivity contribution in [2.75, 3.05) is 0 Å². The molecule has 0 spiro atoms. The van der Waals surface area contributed by atoms with E-state index >= 15 is 0 Å². The fraction of sp³-hybridized carbons (Fsp3) is 0.0758. The lowest BCUT2D eigenvalue weighted by atomic mass is 9.91. The number of fused-ring (bicyclic) bond motifs is 3. The Morgan fingerprint density at radius 2 is 0.972 bits per heavy atom. The molecule has 1 aliphatic heterocycles. The predicted molar refractivity (Wildman–Crippen MR) is 299 cm³/mol. The number of aliphatic imine (C=N–C) groups is 1. The molecule has 4 unspecified atom stereocenters. The molecule has 6 heteroatoms. The minimum atomic E-state index is -0.393. The fourth-order valence-electron chi connectivity index (χ4n) is 10.2. The number of nitrogens with zero attached hydrogens (tertiary/aromatic N) is 1. The van der Waals surface area contributed by atoms with Crippen LogP contribution < -0.4 is 27.0 Å². The standard InChI is InChI=1S/C66H54N6/c67-62(69-63(68-43-44-14-4-1-5-15-44)57-35-30-45-16-10-11-21-52(45)42-57)48-31-26-46(27-32-48)53-36-38-58-55(40-53)22-12-24-60(58)61-25-13-23-56-41-54(37-39-59(56)61)47-28-33-51(34-29-47)66-71-64(49-17-6-2-7-18-49)70-65(72-66)50-19-8-3-9-20-50/h1-42,62-64,66,68-69,71H,43,67H2,(H,70,72). The maximum Gasteiger partial charge on any atom is 0.131 e. The second kappa shape index (κ2) is 20.1. The van der Waals surface area contributed by atoms with Gasteiger partial charge in [-0.1, -0.05) is 237 Å². The number of nitrogens with one attached hydrogen (secondary N) is 4. The van der Waals surface area contributed by atoms with Crippen LogP contribution >= 0.6 is 0 Å². The average molecular weight is 931 g/mol. The second-order valence-electron chi connectivity index (χ2n) is 18.7. The van der Waals surface area contributed by atoms with E-state index in [9.17, 15) is 0 Å². The molecule has 0 saturated heterocycles. The van der Waals surface area contributed by atoms with Gasteiger partial charge < -0.3 is 11.1 Å². The summed E-state index contributed by atoms with van der Waals surface area (Å²) in [4.78, 5) is 5.08. The van der Waals surface area contributed by atoms with Gasteiger partial charge in [-0.25, -0.2) is 4.99 Å². The summed E-state index contributed by atoms with van der Waals surface area (Å²) in [6, 6.07) is 90.8. The third-order valence-electron chi connectivity index (χ3n) is 14.1. The topological polar surface area (TPSA) is 86.5 Å². The molecular weight excluding hydrogens is 877 g/mol. The Labute approximate surface area is 420 Å². The monoisotopic (exact) mass is 930 g/mol. The van der Waals surface area contributed by atoms with E-state index in [0.29, 0.717) is 6.54 Å². The first-order valence-electron chi connectivity index (χ1n) is 24.8. The first kappa shape index (κ1) is 44.7. The molecule has 12 rings (SSSR count). The summed E-state index contributed by atoms with van der Waals surface area (Å²) in [6.07, 6.45) is -0.847. The molecule has 4 atom stereocenters. The van der Waals surface area contributed by atoms with Gasteiger partial charge in [-0.05, 0) is 112 Å². The zero-order chi connectivity index (χ0) is 48.2. The van der Waals surface area contributed by atoms with Crippen molar-refractivity contribution in [2.24, 2.45) is 10.7 Å². The van der Waals surface area contributed by atoms with Gasteiger partial charge in [-0.2, -0.15) is 0 Å². The highest BCUT2D eigenvalue weighted by atomic mass is 15.3. The molecule has 0 amide bonds. The van der Waals surface area contributed by atoms with E-state index < -0.39 is 6.17 Å². The molecular formula is C66H54N6. The van der Waals surface area contributed by atoms with Gasteiger partial charge in [-0.15, -0.1) is 0 Å². The van der Waals surface area contributed by atoms with Crippen LogP contribution in [-0.4, -0.2) is 5.84 Å². The normalized spacial score (nSPS) is 15.5. The summed E-state index contributed by atoms with van der Waals surface area (Å²) in [5.41, 5.74) is 20.7. The molecule has 0 saturated carbocycles. The summed E-state index contributed by atoms with van der Waals surface area (Å²) in [5, 5.41) is 22.1. The summed E-state index contributed by atoms with van der Waals surface area (Å²) >= 11 is 0. The van der Waals surface area contributed by atoms with Crippen molar-refractivity contribution in [1.29, 1.82) is 0 Å². The van der Waals surface area contributed by atoms with E-state index in [1.807, 2.05) is 18.2 Å². The quantitative estimate of drug-likeness (QED) is 0.0744. The number of rotatable bonds is 13. The van der Waals surface area contributed by atoms with Crippen molar-refractivity contribution in [3.05, 3.63) is 288 Å². The van der Waals surface area contributed by atoms with Crippen LogP contribution in [0.25, 0.3) is 65.7 Å². The molecule has 0 bridgehead atoms. The molecule has 6 N–H and O–H groups in total. The smallest absolute Gasteiger partial charge is 0.131 e. The van der Waals surface area contributed by atoms with E-state index in [0.717, 1.165) is 44.8 Å². The molecule has 348 valence electrons. The van der Waals surface area contributed by atoms with Crippen LogP contribution in [0, 0.1) is 0 Å². The summed E-state index contributed by atoms with van der Waals surface area (Å²) in [6.45, 7) is 0.708. The van der Waals surface area contributed by atoms with E-state index in [1.165, 1.54) is 60.1 Å². The van der Waals surface area contributed by atoms with E-state index in [-0.39, 0.29) is 18.5 Å². The number of amidine groups is 1. The molecule has 1 aliphatic rings. The Morgan fingerprint density at radius 1 is 0.431 bits per heavy atom. The first-order chi connectivity index (χ1) is 35.6. The van der Waals surface area contributed by atoms with Gasteiger partial charge in [0.05, 0.1) is 12.3 Å². The van der Waals surface area contributed by atoms with Crippen molar-refractivity contribution < 1.29 is 0 Å². The summed E-state index contributed by atoms with van der Waals surface area (Å²) in [5.74, 6) is 0.879. The number of benzene rings is 11. The van der Waals surface area contributed by atoms with Gasteiger partial charge in [0.15, 0.2) is 0 Å². The zero-order valence-corrected chi connectivity index (χ0v) is 39.8. The minimum absolute atomic E-state index is 0.116. The van der Waals surface area contributed by atoms with Gasteiger partial charge in [-0.3, -0.25) is 16.0 Å². The van der Waals surface area contributed by atoms with Crippen LogP contribution in [-0.2, 0) is 6.54 Å². The van der Waals surface area contributed by atoms with Crippen LogP contribution in [0.4, 0.5) is 0 Å². The molecule has 1 heterocycles. The minimum Gasteiger partial charge on any atom is -0.350 e. The lowest BCUT2D eigenvalue weighted by Gasteiger charge is -2.32. The third kappa shape index (κ3) is 9.43. The Morgan fingerprint density at radius 3 is 1.62 bits per heavy atom. The van der Waals surface area contributed by atoms with Crippen molar-refractivity contribution in [2.45, 2.75) is 31.2 Å². The molecule has 6 nitrogen and oxygen atoms in total. The van der Waals surface area contributed by atoms with Crippen LogP contribution in [0.3, 0.4) is 0 Å². The third-order valence-corrected chi connectivity index (χ3v) is 14.1. The Balaban J connectivity index is 0.763. The van der Waals surface area contributed by atoms with Gasteiger partial charge in [0, 0.05) is 12.1 Å². The molecule has 0 aromatic heterocycles. The number of hydrogen-bond acceptors (Lipinski definition) is 6. The van der Waals surface area contributed by atoms with Crippen LogP contribution in [0.5, 0.6) is 0 Å². The number of hydrogen-bond donors (Lipinski definition) is 5. The largest absolute Gasteiger partial charge is 0.350 e. The predicted octanol–water partition coefficient (Wildman–Crippen LogP) is 14.5. The number of nitrogens with two attached hydrogens (primary N) is 1. The van der Waals surface area contributed by atoms with Crippen LogP contribution in [0.15, 0.2) is 260 Å². The van der Waals surface area contributed by atoms with Gasteiger partial charge >= 0.3 is 0 Å². The Bertz CT molecular complexity index is 3690.